The maximum atomic E-state index is 9.51. The second-order valence-electron chi connectivity index (χ2n) is 3.38. The first-order valence-corrected chi connectivity index (χ1v) is 5.97. The molecule has 0 aromatic heterocycles. The van der Waals surface area contributed by atoms with Crippen LogP contribution < -0.4 is 0 Å². The molecule has 0 saturated carbocycles. The summed E-state index contributed by atoms with van der Waals surface area (Å²) in [5, 5.41) is 28.0. The second-order valence-corrected chi connectivity index (χ2v) is 4.23. The molecule has 2 aromatic rings. The number of hydrogen-bond donors (Lipinski definition) is 1. The van der Waals surface area contributed by atoms with Crippen molar-refractivity contribution in [2.45, 2.75) is 4.90 Å². The van der Waals surface area contributed by atoms with Gasteiger partial charge in [0.15, 0.2) is 0 Å². The predicted molar refractivity (Wildman–Crippen MR) is 70.2 cm³/mol. The van der Waals surface area contributed by atoms with E-state index in [0.29, 0.717) is 11.4 Å². The number of azo groups is 1. The normalized spacial score (nSPS) is 10.4. The van der Waals surface area contributed by atoms with Crippen molar-refractivity contribution in [3.8, 4) is 11.2 Å². The molecule has 0 amide bonds. The monoisotopic (exact) mass is 255 g/mol. The average Bonchev–Trinajstić information content (AvgIpc) is 2.40. The quantitative estimate of drug-likeness (QED) is 0.502. The Labute approximate surface area is 109 Å². The lowest BCUT2D eigenvalue weighted by atomic mass is 10.3. The fourth-order valence-electron chi connectivity index (χ4n) is 1.29. The Morgan fingerprint density at radius 3 is 2.39 bits per heavy atom. The Bertz CT molecular complexity index is 602. The van der Waals surface area contributed by atoms with Gasteiger partial charge in [0.1, 0.15) is 16.8 Å². The molecule has 2 aromatic carbocycles. The van der Waals surface area contributed by atoms with E-state index < -0.39 is 0 Å². The van der Waals surface area contributed by atoms with E-state index in [9.17, 15) is 5.11 Å². The Balaban J connectivity index is 2.15. The lowest BCUT2D eigenvalue weighted by molar-refractivity contribution is 0.476. The van der Waals surface area contributed by atoms with Gasteiger partial charge >= 0.3 is 0 Å². The number of thiocyanates is 1. The zero-order valence-corrected chi connectivity index (χ0v) is 10.1. The fourth-order valence-corrected chi connectivity index (χ4v) is 1.67. The predicted octanol–water partition coefficient (Wildman–Crippen LogP) is 4.38. The van der Waals surface area contributed by atoms with Crippen LogP contribution in [0, 0.1) is 10.7 Å². The van der Waals surface area contributed by atoms with E-state index in [2.05, 4.69) is 10.2 Å². The van der Waals surface area contributed by atoms with Gasteiger partial charge in [0.2, 0.25) is 0 Å². The number of aromatic hydroxyl groups is 1. The Morgan fingerprint density at radius 1 is 1.00 bits per heavy atom. The molecule has 0 heterocycles. The minimum Gasteiger partial charge on any atom is -0.506 e. The van der Waals surface area contributed by atoms with Crippen molar-refractivity contribution in [1.29, 1.82) is 5.26 Å². The van der Waals surface area contributed by atoms with E-state index in [1.165, 1.54) is 0 Å². The first-order valence-electron chi connectivity index (χ1n) is 5.15. The average molecular weight is 255 g/mol. The summed E-state index contributed by atoms with van der Waals surface area (Å²) in [5.74, 6) is 0.0953. The maximum absolute atomic E-state index is 9.51. The van der Waals surface area contributed by atoms with Crippen molar-refractivity contribution in [3.63, 3.8) is 0 Å². The standard InChI is InChI=1S/C13H9N3OS/c14-9-18-11-7-5-10(6-8-11)15-16-12-3-1-2-4-13(12)17/h1-8,17H. The first kappa shape index (κ1) is 12.1. The molecule has 0 aliphatic heterocycles. The molecule has 0 atom stereocenters. The molecule has 1 N–H and O–H groups in total. The lowest BCUT2D eigenvalue weighted by Crippen LogP contribution is -1.69. The van der Waals surface area contributed by atoms with E-state index in [0.717, 1.165) is 16.7 Å². The van der Waals surface area contributed by atoms with Crippen LogP contribution in [0.15, 0.2) is 63.7 Å². The molecular weight excluding hydrogens is 246 g/mol. The van der Waals surface area contributed by atoms with E-state index in [1.54, 1.807) is 48.5 Å². The summed E-state index contributed by atoms with van der Waals surface area (Å²) in [6, 6.07) is 13.9. The molecule has 0 fully saturated rings. The summed E-state index contributed by atoms with van der Waals surface area (Å²) in [6.45, 7) is 0. The van der Waals surface area contributed by atoms with Crippen LogP contribution in [0.1, 0.15) is 0 Å². The summed E-state index contributed by atoms with van der Waals surface area (Å²) in [6.07, 6.45) is 0. The molecule has 0 aliphatic carbocycles. The molecule has 0 spiro atoms. The van der Waals surface area contributed by atoms with Gasteiger partial charge in [-0.25, -0.2) is 0 Å². The van der Waals surface area contributed by atoms with Crippen LogP contribution in [0.3, 0.4) is 0 Å². The van der Waals surface area contributed by atoms with Crippen LogP contribution in [0.4, 0.5) is 11.4 Å². The number of nitriles is 1. The van der Waals surface area contributed by atoms with Crippen LogP contribution in [-0.4, -0.2) is 5.11 Å². The lowest BCUT2D eigenvalue weighted by Gasteiger charge is -1.97. The van der Waals surface area contributed by atoms with Gasteiger partial charge in [-0.15, -0.1) is 5.11 Å². The van der Waals surface area contributed by atoms with Crippen molar-refractivity contribution in [2.75, 3.05) is 0 Å². The molecule has 5 heteroatoms. The molecule has 0 aliphatic rings. The van der Waals surface area contributed by atoms with Gasteiger partial charge in [0.25, 0.3) is 0 Å². The van der Waals surface area contributed by atoms with Crippen LogP contribution in [0.5, 0.6) is 5.75 Å². The van der Waals surface area contributed by atoms with Gasteiger partial charge in [-0.1, -0.05) is 12.1 Å². The molecule has 88 valence electrons. The van der Waals surface area contributed by atoms with Gasteiger partial charge in [-0.3, -0.25) is 0 Å². The highest BCUT2D eigenvalue weighted by molar-refractivity contribution is 8.03. The second kappa shape index (κ2) is 5.84. The Kier molecular flexibility index (Phi) is 3.94. The van der Waals surface area contributed by atoms with Crippen molar-refractivity contribution in [1.82, 2.24) is 0 Å². The number of hydrogen-bond acceptors (Lipinski definition) is 5. The molecular formula is C13H9N3OS. The summed E-state index contributed by atoms with van der Waals surface area (Å²) in [5.41, 5.74) is 1.09. The zero-order chi connectivity index (χ0) is 12.8. The summed E-state index contributed by atoms with van der Waals surface area (Å²) in [4.78, 5) is 0.860. The number of benzene rings is 2. The van der Waals surface area contributed by atoms with E-state index in [-0.39, 0.29) is 5.75 Å². The highest BCUT2D eigenvalue weighted by Crippen LogP contribution is 2.27. The largest absolute Gasteiger partial charge is 0.506 e. The van der Waals surface area contributed by atoms with Crippen LogP contribution in [0.2, 0.25) is 0 Å². The fraction of sp³-hybridized carbons (Fsp3) is 0. The molecule has 0 saturated heterocycles. The maximum Gasteiger partial charge on any atom is 0.143 e. The highest BCUT2D eigenvalue weighted by Gasteiger charge is 1.97. The molecule has 18 heavy (non-hydrogen) atoms. The molecule has 4 nitrogen and oxygen atoms in total. The minimum absolute atomic E-state index is 0.0953. The smallest absolute Gasteiger partial charge is 0.143 e. The van der Waals surface area contributed by atoms with Crippen molar-refractivity contribution in [2.24, 2.45) is 10.2 Å². The summed E-state index contributed by atoms with van der Waals surface area (Å²) < 4.78 is 0. The van der Waals surface area contributed by atoms with Gasteiger partial charge < -0.3 is 5.11 Å². The van der Waals surface area contributed by atoms with Gasteiger partial charge in [0.05, 0.1) is 5.69 Å². The van der Waals surface area contributed by atoms with Gasteiger partial charge in [-0.05, 0) is 48.2 Å². The third kappa shape index (κ3) is 3.09. The third-order valence-corrected chi connectivity index (χ3v) is 2.75. The van der Waals surface area contributed by atoms with Crippen molar-refractivity contribution in [3.05, 3.63) is 48.5 Å². The first-order chi connectivity index (χ1) is 8.79. The molecule has 0 radical (unpaired) electrons. The highest BCUT2D eigenvalue weighted by atomic mass is 32.2. The third-order valence-electron chi connectivity index (χ3n) is 2.16. The molecule has 2 rings (SSSR count). The molecule has 0 bridgehead atoms. The number of rotatable bonds is 3. The van der Waals surface area contributed by atoms with E-state index in [1.807, 2.05) is 5.40 Å². The summed E-state index contributed by atoms with van der Waals surface area (Å²) in [7, 11) is 0. The number of phenolic OH excluding ortho intramolecular Hbond substituents is 1. The number of para-hydroxylation sites is 1. The number of thioether (sulfide) groups is 1. The number of phenols is 1. The minimum atomic E-state index is 0.0953. The van der Waals surface area contributed by atoms with Crippen LogP contribution in [0.25, 0.3) is 0 Å². The molecule has 0 unspecified atom stereocenters. The topological polar surface area (TPSA) is 68.7 Å². The summed E-state index contributed by atoms with van der Waals surface area (Å²) >= 11 is 1.09. The van der Waals surface area contributed by atoms with Crippen LogP contribution in [-0.2, 0) is 0 Å². The van der Waals surface area contributed by atoms with Crippen molar-refractivity contribution < 1.29 is 5.11 Å². The van der Waals surface area contributed by atoms with E-state index >= 15 is 0 Å². The van der Waals surface area contributed by atoms with E-state index in [4.69, 9.17) is 5.26 Å². The van der Waals surface area contributed by atoms with Gasteiger partial charge in [-0.2, -0.15) is 10.4 Å². The van der Waals surface area contributed by atoms with Gasteiger partial charge in [0, 0.05) is 4.90 Å². The Hall–Kier alpha value is -2.32. The SMILES string of the molecule is N#CSc1ccc(N=Nc2ccccc2O)cc1. The van der Waals surface area contributed by atoms with Crippen molar-refractivity contribution >= 4 is 23.1 Å². The Morgan fingerprint density at radius 2 is 1.72 bits per heavy atom. The zero-order valence-electron chi connectivity index (χ0n) is 9.32. The number of nitrogens with zero attached hydrogens (tertiary/aromatic N) is 3. The van der Waals surface area contributed by atoms with Crippen LogP contribution >= 0.6 is 11.8 Å².